The SMILES string of the molecule is Cc1noc(C)c1S(=O)(=O)N1CCC(C(=O)Nc2ccnc3ccnn23)CC1. The van der Waals surface area contributed by atoms with Gasteiger partial charge < -0.3 is 9.84 Å². The minimum absolute atomic E-state index is 0.119. The first-order chi connectivity index (χ1) is 13.4. The average Bonchev–Trinajstić information content (AvgIpc) is 3.29. The van der Waals surface area contributed by atoms with Gasteiger partial charge in [0.15, 0.2) is 11.4 Å². The summed E-state index contributed by atoms with van der Waals surface area (Å²) >= 11 is 0. The van der Waals surface area contributed by atoms with Gasteiger partial charge in [0.05, 0.1) is 6.20 Å². The first-order valence-corrected chi connectivity index (χ1v) is 10.3. The number of aromatic nitrogens is 4. The molecule has 1 amide bonds. The van der Waals surface area contributed by atoms with E-state index in [9.17, 15) is 13.2 Å². The molecular formula is C17H20N6O4S. The van der Waals surface area contributed by atoms with Gasteiger partial charge in [0.1, 0.15) is 16.4 Å². The van der Waals surface area contributed by atoms with Crippen LogP contribution in [0.5, 0.6) is 0 Å². The number of hydrogen-bond acceptors (Lipinski definition) is 7. The van der Waals surface area contributed by atoms with Crippen molar-refractivity contribution in [2.24, 2.45) is 5.92 Å². The number of hydrogen-bond donors (Lipinski definition) is 1. The van der Waals surface area contributed by atoms with E-state index in [0.29, 0.717) is 30.0 Å². The lowest BCUT2D eigenvalue weighted by molar-refractivity contribution is -0.120. The molecule has 11 heteroatoms. The molecule has 3 aromatic rings. The summed E-state index contributed by atoms with van der Waals surface area (Å²) in [5.74, 6) is 0.372. The van der Waals surface area contributed by atoms with Crippen molar-refractivity contribution >= 4 is 27.4 Å². The van der Waals surface area contributed by atoms with Crippen LogP contribution in [0.2, 0.25) is 0 Å². The largest absolute Gasteiger partial charge is 0.360 e. The highest BCUT2D eigenvalue weighted by Gasteiger charge is 2.35. The van der Waals surface area contributed by atoms with Crippen molar-refractivity contribution in [3.8, 4) is 0 Å². The molecular weight excluding hydrogens is 384 g/mol. The molecule has 1 saturated heterocycles. The van der Waals surface area contributed by atoms with Gasteiger partial charge in [0, 0.05) is 31.3 Å². The molecule has 1 aliphatic heterocycles. The number of aryl methyl sites for hydroxylation is 2. The number of carbonyl (C=O) groups is 1. The van der Waals surface area contributed by atoms with Crippen LogP contribution in [0, 0.1) is 19.8 Å². The number of piperidine rings is 1. The highest BCUT2D eigenvalue weighted by molar-refractivity contribution is 7.89. The highest BCUT2D eigenvalue weighted by Crippen LogP contribution is 2.28. The van der Waals surface area contributed by atoms with Crippen molar-refractivity contribution in [2.45, 2.75) is 31.6 Å². The van der Waals surface area contributed by atoms with Gasteiger partial charge in [-0.25, -0.2) is 13.4 Å². The van der Waals surface area contributed by atoms with Crippen molar-refractivity contribution in [2.75, 3.05) is 18.4 Å². The number of fused-ring (bicyclic) bond motifs is 1. The molecule has 1 fully saturated rings. The molecule has 4 rings (SSSR count). The Kier molecular flexibility index (Phi) is 4.63. The third-order valence-corrected chi connectivity index (χ3v) is 7.08. The molecule has 0 bridgehead atoms. The molecule has 0 unspecified atom stereocenters. The molecule has 10 nitrogen and oxygen atoms in total. The van der Waals surface area contributed by atoms with E-state index in [1.165, 1.54) is 4.31 Å². The molecule has 4 heterocycles. The smallest absolute Gasteiger partial charge is 0.248 e. The Hall–Kier alpha value is -2.79. The second-order valence-corrected chi connectivity index (χ2v) is 8.63. The zero-order valence-electron chi connectivity index (χ0n) is 15.5. The number of sulfonamides is 1. The van der Waals surface area contributed by atoms with Gasteiger partial charge >= 0.3 is 0 Å². The van der Waals surface area contributed by atoms with Crippen LogP contribution in [0.1, 0.15) is 24.3 Å². The number of amides is 1. The molecule has 1 N–H and O–H groups in total. The van der Waals surface area contributed by atoms with Gasteiger partial charge in [0.25, 0.3) is 0 Å². The van der Waals surface area contributed by atoms with Gasteiger partial charge in [-0.15, -0.1) is 0 Å². The van der Waals surface area contributed by atoms with E-state index in [4.69, 9.17) is 4.52 Å². The van der Waals surface area contributed by atoms with Crippen LogP contribution >= 0.6 is 0 Å². The summed E-state index contributed by atoms with van der Waals surface area (Å²) in [7, 11) is -3.69. The maximum atomic E-state index is 12.9. The van der Waals surface area contributed by atoms with Crippen molar-refractivity contribution in [1.29, 1.82) is 0 Å². The van der Waals surface area contributed by atoms with E-state index in [0.717, 1.165) is 0 Å². The van der Waals surface area contributed by atoms with E-state index in [1.807, 2.05) is 0 Å². The number of rotatable bonds is 4. The van der Waals surface area contributed by atoms with Gasteiger partial charge in [-0.1, -0.05) is 5.16 Å². The zero-order chi connectivity index (χ0) is 19.9. The summed E-state index contributed by atoms with van der Waals surface area (Å²) in [6.07, 6.45) is 4.07. The summed E-state index contributed by atoms with van der Waals surface area (Å²) in [5, 5.41) is 10.7. The summed E-state index contributed by atoms with van der Waals surface area (Å²) < 4.78 is 33.7. The number of anilines is 1. The minimum atomic E-state index is -3.69. The fraction of sp³-hybridized carbons (Fsp3) is 0.412. The molecule has 28 heavy (non-hydrogen) atoms. The van der Waals surface area contributed by atoms with Gasteiger partial charge in [0.2, 0.25) is 15.9 Å². The molecule has 148 valence electrons. The first-order valence-electron chi connectivity index (χ1n) is 8.90. The molecule has 0 atom stereocenters. The summed E-state index contributed by atoms with van der Waals surface area (Å²) in [6.45, 7) is 3.71. The molecule has 0 aromatic carbocycles. The predicted octanol–water partition coefficient (Wildman–Crippen LogP) is 1.37. The van der Waals surface area contributed by atoms with E-state index < -0.39 is 10.0 Å². The van der Waals surface area contributed by atoms with Gasteiger partial charge in [-0.05, 0) is 32.8 Å². The van der Waals surface area contributed by atoms with E-state index >= 15 is 0 Å². The van der Waals surface area contributed by atoms with Gasteiger partial charge in [-0.2, -0.15) is 13.9 Å². The zero-order valence-corrected chi connectivity index (χ0v) is 16.3. The number of nitrogens with zero attached hydrogens (tertiary/aromatic N) is 5. The summed E-state index contributed by atoms with van der Waals surface area (Å²) in [5.41, 5.74) is 0.983. The van der Waals surface area contributed by atoms with E-state index in [-0.39, 0.29) is 35.6 Å². The topological polar surface area (TPSA) is 123 Å². The summed E-state index contributed by atoms with van der Waals surface area (Å²) in [6, 6.07) is 3.42. The van der Waals surface area contributed by atoms with Crippen LogP contribution in [0.25, 0.3) is 5.65 Å². The third kappa shape index (κ3) is 3.16. The monoisotopic (exact) mass is 404 g/mol. The Labute approximate surface area is 161 Å². The molecule has 0 saturated carbocycles. The fourth-order valence-electron chi connectivity index (χ4n) is 3.49. The summed E-state index contributed by atoms with van der Waals surface area (Å²) in [4.78, 5) is 16.9. The molecule has 0 radical (unpaired) electrons. The standard InChI is InChI=1S/C17H20N6O4S/c1-11-16(12(2)27-21-11)28(25,26)22-9-5-13(6-10-22)17(24)20-15-3-7-18-14-4-8-19-23(14)15/h3-4,7-8,13H,5-6,9-10H2,1-2H3,(H,20,24). The fourth-order valence-corrected chi connectivity index (χ4v) is 5.25. The molecule has 3 aromatic heterocycles. The first kappa shape index (κ1) is 18.6. The number of carbonyl (C=O) groups excluding carboxylic acids is 1. The van der Waals surface area contributed by atoms with E-state index in [2.05, 4.69) is 20.6 Å². The Morgan fingerprint density at radius 3 is 2.64 bits per heavy atom. The maximum Gasteiger partial charge on any atom is 0.248 e. The second kappa shape index (κ2) is 6.99. The van der Waals surface area contributed by atoms with Crippen LogP contribution in [-0.2, 0) is 14.8 Å². The third-order valence-electron chi connectivity index (χ3n) is 4.93. The van der Waals surface area contributed by atoms with Crippen LogP contribution in [0.3, 0.4) is 0 Å². The highest BCUT2D eigenvalue weighted by atomic mass is 32.2. The number of nitrogens with one attached hydrogen (secondary N) is 1. The Bertz CT molecular complexity index is 1110. The van der Waals surface area contributed by atoms with Gasteiger partial charge in [-0.3, -0.25) is 4.79 Å². The van der Waals surface area contributed by atoms with Crippen molar-refractivity contribution in [3.05, 3.63) is 36.0 Å². The van der Waals surface area contributed by atoms with Crippen molar-refractivity contribution in [3.63, 3.8) is 0 Å². The molecule has 1 aliphatic rings. The Morgan fingerprint density at radius 1 is 1.21 bits per heavy atom. The maximum absolute atomic E-state index is 12.9. The molecule has 0 aliphatic carbocycles. The predicted molar refractivity (Wildman–Crippen MR) is 99.1 cm³/mol. The van der Waals surface area contributed by atoms with Crippen LogP contribution < -0.4 is 5.32 Å². The average molecular weight is 404 g/mol. The minimum Gasteiger partial charge on any atom is -0.360 e. The normalized spacial score (nSPS) is 16.5. The second-order valence-electron chi connectivity index (χ2n) is 6.75. The lowest BCUT2D eigenvalue weighted by Gasteiger charge is -2.30. The lowest BCUT2D eigenvalue weighted by atomic mass is 9.97. The Morgan fingerprint density at radius 2 is 1.96 bits per heavy atom. The van der Waals surface area contributed by atoms with Crippen LogP contribution in [-0.4, -0.2) is 51.5 Å². The molecule has 0 spiro atoms. The van der Waals surface area contributed by atoms with Crippen LogP contribution in [0.4, 0.5) is 5.82 Å². The Balaban J connectivity index is 1.44. The quantitative estimate of drug-likeness (QED) is 0.697. The van der Waals surface area contributed by atoms with Crippen molar-refractivity contribution < 1.29 is 17.7 Å². The van der Waals surface area contributed by atoms with E-state index in [1.54, 1.807) is 42.9 Å². The van der Waals surface area contributed by atoms with Crippen molar-refractivity contribution in [1.82, 2.24) is 24.1 Å². The van der Waals surface area contributed by atoms with Crippen LogP contribution in [0.15, 0.2) is 33.9 Å². The lowest BCUT2D eigenvalue weighted by Crippen LogP contribution is -2.41.